The van der Waals surface area contributed by atoms with E-state index in [2.05, 4.69) is 15.7 Å². The molecular formula is C18H24FN5O3S. The summed E-state index contributed by atoms with van der Waals surface area (Å²) in [5.74, 6) is -0.309. The summed E-state index contributed by atoms with van der Waals surface area (Å²) >= 11 is 0. The number of hydrogen-bond acceptors (Lipinski definition) is 6. The summed E-state index contributed by atoms with van der Waals surface area (Å²) in [6.07, 6.45) is 5.85. The van der Waals surface area contributed by atoms with E-state index in [-0.39, 0.29) is 22.5 Å². The molecule has 0 spiro atoms. The smallest absolute Gasteiger partial charge is 0.254 e. The van der Waals surface area contributed by atoms with Gasteiger partial charge in [0.25, 0.3) is 5.91 Å². The van der Waals surface area contributed by atoms with Crippen LogP contribution in [0.1, 0.15) is 42.1 Å². The van der Waals surface area contributed by atoms with Crippen LogP contribution in [-0.4, -0.2) is 43.2 Å². The van der Waals surface area contributed by atoms with Gasteiger partial charge in [-0.15, -0.1) is 0 Å². The largest absolute Gasteiger partial charge is 0.365 e. The molecule has 1 aromatic carbocycles. The van der Waals surface area contributed by atoms with Crippen LogP contribution < -0.4 is 16.4 Å². The number of anilines is 2. The number of carbonyl (C=O) groups excluding carboxylic acids is 1. The van der Waals surface area contributed by atoms with E-state index in [1.165, 1.54) is 24.3 Å². The molecule has 2 aromatic rings. The molecule has 1 saturated carbocycles. The van der Waals surface area contributed by atoms with Crippen LogP contribution >= 0.6 is 0 Å². The zero-order valence-electron chi connectivity index (χ0n) is 15.6. The van der Waals surface area contributed by atoms with E-state index in [0.717, 1.165) is 25.7 Å². The molecule has 28 heavy (non-hydrogen) atoms. The van der Waals surface area contributed by atoms with Gasteiger partial charge in [0, 0.05) is 17.9 Å². The SMILES string of the molecule is CNC1CCCC[C@@H]1n1cc(C(N)=O)c(Nc2ccc(S(=O)(=O)CF)cc2)n1. The number of nitrogens with one attached hydrogen (secondary N) is 2. The minimum atomic E-state index is -3.92. The first-order chi connectivity index (χ1) is 13.4. The third-order valence-electron chi connectivity index (χ3n) is 5.06. The van der Waals surface area contributed by atoms with Crippen molar-refractivity contribution in [2.45, 2.75) is 42.7 Å². The van der Waals surface area contributed by atoms with E-state index in [1.807, 2.05) is 7.05 Å². The molecule has 1 heterocycles. The molecule has 3 rings (SSSR count). The van der Waals surface area contributed by atoms with Crippen LogP contribution in [0.15, 0.2) is 35.4 Å². The summed E-state index contributed by atoms with van der Waals surface area (Å²) < 4.78 is 37.5. The second-order valence-corrected chi connectivity index (χ2v) is 8.77. The Morgan fingerprint density at radius 2 is 1.96 bits per heavy atom. The lowest BCUT2D eigenvalue weighted by Gasteiger charge is -2.31. The molecule has 2 atom stereocenters. The highest BCUT2D eigenvalue weighted by Crippen LogP contribution is 2.30. The molecule has 152 valence electrons. The normalized spacial score (nSPS) is 20.1. The van der Waals surface area contributed by atoms with Crippen LogP contribution in [0.4, 0.5) is 15.9 Å². The number of rotatable bonds is 7. The first-order valence-corrected chi connectivity index (χ1v) is 10.7. The average molecular weight is 409 g/mol. The lowest BCUT2D eigenvalue weighted by molar-refractivity contribution is 0.100. The second-order valence-electron chi connectivity index (χ2n) is 6.86. The van der Waals surface area contributed by atoms with Crippen LogP contribution in [0.2, 0.25) is 0 Å². The summed E-state index contributed by atoms with van der Waals surface area (Å²) in [5.41, 5.74) is 6.27. The van der Waals surface area contributed by atoms with Crippen LogP contribution in [0.5, 0.6) is 0 Å². The summed E-state index contributed by atoms with van der Waals surface area (Å²) in [7, 11) is -2.01. The maximum absolute atomic E-state index is 12.6. The number of hydrogen-bond donors (Lipinski definition) is 3. The number of primary amides is 1. The molecule has 8 nitrogen and oxygen atoms in total. The fraction of sp³-hybridized carbons (Fsp3) is 0.444. The van der Waals surface area contributed by atoms with Gasteiger partial charge in [-0.05, 0) is 44.2 Å². The number of sulfone groups is 1. The molecule has 0 bridgehead atoms. The van der Waals surface area contributed by atoms with Gasteiger partial charge in [0.05, 0.1) is 10.9 Å². The van der Waals surface area contributed by atoms with Gasteiger partial charge >= 0.3 is 0 Å². The van der Waals surface area contributed by atoms with Crippen molar-refractivity contribution in [2.24, 2.45) is 5.73 Å². The van der Waals surface area contributed by atoms with E-state index in [0.29, 0.717) is 11.5 Å². The molecule has 4 N–H and O–H groups in total. The van der Waals surface area contributed by atoms with Crippen LogP contribution in [-0.2, 0) is 9.84 Å². The molecule has 1 fully saturated rings. The van der Waals surface area contributed by atoms with Crippen molar-refractivity contribution in [3.8, 4) is 0 Å². The van der Waals surface area contributed by atoms with Crippen molar-refractivity contribution in [3.05, 3.63) is 36.0 Å². The van der Waals surface area contributed by atoms with Gasteiger partial charge < -0.3 is 16.4 Å². The van der Waals surface area contributed by atoms with E-state index >= 15 is 0 Å². The van der Waals surface area contributed by atoms with Crippen molar-refractivity contribution in [1.29, 1.82) is 0 Å². The number of aromatic nitrogens is 2. The predicted molar refractivity (Wildman–Crippen MR) is 104 cm³/mol. The number of carbonyl (C=O) groups is 1. The van der Waals surface area contributed by atoms with E-state index < -0.39 is 21.8 Å². The van der Waals surface area contributed by atoms with E-state index in [9.17, 15) is 17.6 Å². The molecule has 1 aliphatic carbocycles. The molecular weight excluding hydrogens is 385 g/mol. The van der Waals surface area contributed by atoms with Gasteiger partial charge in [-0.3, -0.25) is 9.48 Å². The molecule has 1 aliphatic rings. The number of halogens is 1. The molecule has 0 saturated heterocycles. The highest BCUT2D eigenvalue weighted by atomic mass is 32.2. The van der Waals surface area contributed by atoms with Gasteiger partial charge in [-0.1, -0.05) is 12.8 Å². The van der Waals surface area contributed by atoms with Gasteiger partial charge in [0.2, 0.25) is 9.84 Å². The Bertz CT molecular complexity index is 943. The number of alkyl halides is 1. The Morgan fingerprint density at radius 1 is 1.29 bits per heavy atom. The quantitative estimate of drug-likeness (QED) is 0.645. The van der Waals surface area contributed by atoms with Gasteiger partial charge in [-0.25, -0.2) is 12.8 Å². The Kier molecular flexibility index (Phi) is 5.99. The molecule has 0 aliphatic heterocycles. The van der Waals surface area contributed by atoms with Crippen LogP contribution in [0.25, 0.3) is 0 Å². The summed E-state index contributed by atoms with van der Waals surface area (Å²) in [6.45, 7) is 0. The maximum Gasteiger partial charge on any atom is 0.254 e. The van der Waals surface area contributed by atoms with Gasteiger partial charge in [0.15, 0.2) is 11.8 Å². The van der Waals surface area contributed by atoms with Gasteiger partial charge in [0.1, 0.15) is 5.56 Å². The average Bonchev–Trinajstić information content (AvgIpc) is 3.12. The number of likely N-dealkylation sites (N-methyl/N-ethyl adjacent to an activating group) is 1. The lowest BCUT2D eigenvalue weighted by atomic mass is 9.90. The minimum absolute atomic E-state index is 0.111. The number of nitrogens with zero attached hydrogens (tertiary/aromatic N) is 2. The maximum atomic E-state index is 12.6. The third-order valence-corrected chi connectivity index (χ3v) is 6.33. The zero-order chi connectivity index (χ0) is 20.3. The van der Waals surface area contributed by atoms with Crippen molar-refractivity contribution >= 4 is 27.2 Å². The fourth-order valence-electron chi connectivity index (χ4n) is 3.54. The third kappa shape index (κ3) is 4.17. The second kappa shape index (κ2) is 8.27. The highest BCUT2D eigenvalue weighted by Gasteiger charge is 2.28. The zero-order valence-corrected chi connectivity index (χ0v) is 16.4. The Morgan fingerprint density at radius 3 is 2.57 bits per heavy atom. The lowest BCUT2D eigenvalue weighted by Crippen LogP contribution is -2.37. The van der Waals surface area contributed by atoms with Crippen molar-refractivity contribution in [3.63, 3.8) is 0 Å². The number of nitrogens with two attached hydrogens (primary N) is 1. The van der Waals surface area contributed by atoms with Crippen molar-refractivity contribution in [2.75, 3.05) is 18.4 Å². The van der Waals surface area contributed by atoms with E-state index in [4.69, 9.17) is 5.73 Å². The summed E-state index contributed by atoms with van der Waals surface area (Å²) in [6, 6.07) is 4.50. The van der Waals surface area contributed by atoms with Crippen LogP contribution in [0.3, 0.4) is 0 Å². The Balaban J connectivity index is 1.87. The minimum Gasteiger partial charge on any atom is -0.365 e. The van der Waals surface area contributed by atoms with E-state index in [1.54, 1.807) is 10.9 Å². The monoisotopic (exact) mass is 409 g/mol. The summed E-state index contributed by atoms with van der Waals surface area (Å²) in [5, 5.41) is 10.8. The molecule has 1 amide bonds. The number of amides is 1. The predicted octanol–water partition coefficient (Wildman–Crippen LogP) is 2.13. The van der Waals surface area contributed by atoms with Crippen LogP contribution in [0, 0.1) is 0 Å². The number of benzene rings is 1. The fourth-order valence-corrected chi connectivity index (χ4v) is 4.22. The standard InChI is InChI=1S/C18H24FN5O3S/c1-21-15-4-2-3-5-16(15)24-10-14(17(20)25)18(23-24)22-12-6-8-13(9-7-12)28(26,27)11-19/h6-10,15-16,21H,2-5,11H2,1H3,(H2,20,25)(H,22,23)/t15?,16-/m0/s1. The van der Waals surface area contributed by atoms with Gasteiger partial charge in [-0.2, -0.15) is 5.10 Å². The topological polar surface area (TPSA) is 119 Å². The summed E-state index contributed by atoms with van der Waals surface area (Å²) in [4.78, 5) is 11.8. The molecule has 0 radical (unpaired) electrons. The Labute approximate surface area is 163 Å². The molecule has 1 unspecified atom stereocenters. The first-order valence-electron chi connectivity index (χ1n) is 9.07. The Hall–Kier alpha value is -2.46. The van der Waals surface area contributed by atoms with Crippen molar-refractivity contribution in [1.82, 2.24) is 15.1 Å². The van der Waals surface area contributed by atoms with Crippen molar-refractivity contribution < 1.29 is 17.6 Å². The molecule has 1 aromatic heterocycles. The highest BCUT2D eigenvalue weighted by molar-refractivity contribution is 7.91. The molecule has 10 heteroatoms. The first kappa shape index (κ1) is 20.3.